The Morgan fingerprint density at radius 1 is 0.629 bits per heavy atom. The Morgan fingerprint density at radius 3 is 1.71 bits per heavy atom. The number of aromatic hydroxyl groups is 1. The van der Waals surface area contributed by atoms with Gasteiger partial charge in [0.1, 0.15) is 0 Å². The first-order valence-electron chi connectivity index (χ1n) is 10.5. The summed E-state index contributed by atoms with van der Waals surface area (Å²) in [6.45, 7) is 0. The number of rotatable bonds is 11. The van der Waals surface area contributed by atoms with Crippen molar-refractivity contribution in [3.8, 4) is 40.2 Å². The van der Waals surface area contributed by atoms with Gasteiger partial charge >= 0.3 is 0 Å². The molecule has 8 nitrogen and oxygen atoms in total. The van der Waals surface area contributed by atoms with Crippen LogP contribution in [0.15, 0.2) is 47.4 Å². The molecule has 35 heavy (non-hydrogen) atoms. The molecule has 0 unspecified atom stereocenters. The van der Waals surface area contributed by atoms with Crippen LogP contribution in [0.1, 0.15) is 11.1 Å². The van der Waals surface area contributed by atoms with Gasteiger partial charge in [-0.05, 0) is 65.5 Å². The molecule has 3 rings (SSSR count). The van der Waals surface area contributed by atoms with Gasteiger partial charge in [-0.15, -0.1) is 0 Å². The number of ether oxygens (including phenoxy) is 6. The normalized spacial score (nSPS) is 10.7. The zero-order valence-corrected chi connectivity index (χ0v) is 21.3. The highest BCUT2D eigenvalue weighted by Gasteiger charge is 2.14. The number of hydrogen-bond acceptors (Lipinski definition) is 9. The van der Waals surface area contributed by atoms with E-state index in [1.54, 1.807) is 41.6 Å². The van der Waals surface area contributed by atoms with E-state index in [1.165, 1.54) is 19.1 Å². The lowest BCUT2D eigenvalue weighted by Gasteiger charge is -2.14. The number of anilines is 1. The summed E-state index contributed by atoms with van der Waals surface area (Å²) in [5.41, 5.74) is 2.15. The van der Waals surface area contributed by atoms with Crippen molar-refractivity contribution in [2.24, 2.45) is 0 Å². The Labute approximate surface area is 209 Å². The van der Waals surface area contributed by atoms with Crippen molar-refractivity contribution in [1.82, 2.24) is 0 Å². The Kier molecular flexibility index (Phi) is 8.86. The van der Waals surface area contributed by atoms with E-state index in [2.05, 4.69) is 4.72 Å². The van der Waals surface area contributed by atoms with E-state index in [-0.39, 0.29) is 5.75 Å². The van der Waals surface area contributed by atoms with Crippen molar-refractivity contribution in [3.05, 3.63) is 53.6 Å². The molecule has 0 bridgehead atoms. The minimum absolute atomic E-state index is 0.00501. The molecule has 0 heterocycles. The van der Waals surface area contributed by atoms with Gasteiger partial charge in [-0.25, -0.2) is 0 Å². The maximum Gasteiger partial charge on any atom is 0.203 e. The third-order valence-electron chi connectivity index (χ3n) is 5.11. The minimum atomic E-state index is 0.00501. The lowest BCUT2D eigenvalue weighted by Crippen LogP contribution is -1.95. The molecule has 0 aliphatic heterocycles. The molecule has 0 aliphatic rings. The van der Waals surface area contributed by atoms with Crippen LogP contribution in [-0.2, 0) is 0 Å². The second kappa shape index (κ2) is 12.0. The van der Waals surface area contributed by atoms with Gasteiger partial charge in [0.15, 0.2) is 34.5 Å². The van der Waals surface area contributed by atoms with Crippen LogP contribution in [0.3, 0.4) is 0 Å². The van der Waals surface area contributed by atoms with Gasteiger partial charge in [-0.1, -0.05) is 12.2 Å². The standard InChI is InChI=1S/C26H29NO7S/c1-29-20-10-9-18(15-21(20)30-2)35-27-19-11-16(12-22(31-3)25(19)28)7-8-17-13-23(32-4)26(34-6)24(14-17)33-5/h7-15,27-28H,1-6H3/b8-7-. The molecule has 0 aromatic heterocycles. The fourth-order valence-corrected chi connectivity index (χ4v) is 4.03. The quantitative estimate of drug-likeness (QED) is 0.195. The number of hydrogen-bond donors (Lipinski definition) is 2. The Morgan fingerprint density at radius 2 is 1.17 bits per heavy atom. The fraction of sp³-hybridized carbons (Fsp3) is 0.231. The SMILES string of the molecule is COc1ccc(SNc2cc(/C=C\c3cc(OC)c(OC)c(OC)c3)cc(OC)c2O)cc1OC. The predicted molar refractivity (Wildman–Crippen MR) is 139 cm³/mol. The minimum Gasteiger partial charge on any atom is -0.503 e. The molecular weight excluding hydrogens is 470 g/mol. The topological polar surface area (TPSA) is 87.6 Å². The van der Waals surface area contributed by atoms with Gasteiger partial charge in [0.25, 0.3) is 0 Å². The van der Waals surface area contributed by atoms with Crippen molar-refractivity contribution < 1.29 is 33.5 Å². The summed E-state index contributed by atoms with van der Waals surface area (Å²) in [6.07, 6.45) is 3.80. The van der Waals surface area contributed by atoms with E-state index in [4.69, 9.17) is 28.4 Å². The molecule has 3 aromatic rings. The Hall–Kier alpha value is -3.85. The van der Waals surface area contributed by atoms with Crippen molar-refractivity contribution in [3.63, 3.8) is 0 Å². The molecule has 0 spiro atoms. The molecule has 0 fully saturated rings. The third kappa shape index (κ3) is 5.99. The van der Waals surface area contributed by atoms with Crippen LogP contribution in [0.5, 0.6) is 40.2 Å². The molecule has 0 radical (unpaired) electrons. The van der Waals surface area contributed by atoms with Gasteiger partial charge in [0.05, 0.1) is 48.3 Å². The molecule has 2 N–H and O–H groups in total. The van der Waals surface area contributed by atoms with Crippen LogP contribution in [0.4, 0.5) is 5.69 Å². The molecule has 0 amide bonds. The number of nitrogens with one attached hydrogen (secondary N) is 1. The summed E-state index contributed by atoms with van der Waals surface area (Å²) in [4.78, 5) is 0.874. The summed E-state index contributed by atoms with van der Waals surface area (Å²) < 4.78 is 35.4. The summed E-state index contributed by atoms with van der Waals surface area (Å²) >= 11 is 1.32. The first-order chi connectivity index (χ1) is 17.0. The second-order valence-electron chi connectivity index (χ2n) is 7.13. The fourth-order valence-electron chi connectivity index (χ4n) is 3.34. The summed E-state index contributed by atoms with van der Waals surface area (Å²) in [6, 6.07) is 12.8. The molecule has 186 valence electrons. The van der Waals surface area contributed by atoms with E-state index >= 15 is 0 Å². The average molecular weight is 500 g/mol. The lowest BCUT2D eigenvalue weighted by molar-refractivity contribution is 0.324. The average Bonchev–Trinajstić information content (AvgIpc) is 2.90. The van der Waals surface area contributed by atoms with Gasteiger partial charge in [-0.2, -0.15) is 0 Å². The molecule has 0 saturated heterocycles. The molecular formula is C26H29NO7S. The molecule has 3 aromatic carbocycles. The highest BCUT2D eigenvalue weighted by atomic mass is 32.2. The van der Waals surface area contributed by atoms with Gasteiger partial charge in [0, 0.05) is 4.90 Å². The monoisotopic (exact) mass is 499 g/mol. The summed E-state index contributed by atoms with van der Waals surface area (Å²) in [7, 11) is 9.39. The highest BCUT2D eigenvalue weighted by Crippen LogP contribution is 2.41. The summed E-state index contributed by atoms with van der Waals surface area (Å²) in [5, 5.41) is 10.6. The Bertz CT molecular complexity index is 1170. The van der Waals surface area contributed by atoms with E-state index in [9.17, 15) is 5.11 Å². The summed E-state index contributed by atoms with van der Waals surface area (Å²) in [5.74, 6) is 3.24. The third-order valence-corrected chi connectivity index (χ3v) is 5.92. The molecule has 9 heteroatoms. The van der Waals surface area contributed by atoms with Crippen LogP contribution in [0, 0.1) is 0 Å². The molecule has 0 saturated carbocycles. The van der Waals surface area contributed by atoms with E-state index < -0.39 is 0 Å². The van der Waals surface area contributed by atoms with Gasteiger partial charge in [-0.3, -0.25) is 0 Å². The van der Waals surface area contributed by atoms with Gasteiger partial charge in [0.2, 0.25) is 5.75 Å². The van der Waals surface area contributed by atoms with E-state index in [0.717, 1.165) is 16.0 Å². The molecule has 0 aliphatic carbocycles. The van der Waals surface area contributed by atoms with E-state index in [1.807, 2.05) is 48.6 Å². The largest absolute Gasteiger partial charge is 0.503 e. The van der Waals surface area contributed by atoms with Crippen molar-refractivity contribution in [1.29, 1.82) is 0 Å². The maximum atomic E-state index is 10.6. The lowest BCUT2D eigenvalue weighted by atomic mass is 10.1. The number of phenols is 1. The number of methoxy groups -OCH3 is 6. The zero-order chi connectivity index (χ0) is 25.4. The first-order valence-corrected chi connectivity index (χ1v) is 11.3. The van der Waals surface area contributed by atoms with Crippen molar-refractivity contribution in [2.45, 2.75) is 4.90 Å². The smallest absolute Gasteiger partial charge is 0.203 e. The van der Waals surface area contributed by atoms with Crippen LogP contribution in [0.2, 0.25) is 0 Å². The van der Waals surface area contributed by atoms with Crippen LogP contribution >= 0.6 is 11.9 Å². The second-order valence-corrected chi connectivity index (χ2v) is 8.01. The number of phenolic OH excluding ortho intramolecular Hbond substituents is 1. The zero-order valence-electron chi connectivity index (χ0n) is 20.5. The Balaban J connectivity index is 1.88. The molecule has 0 atom stereocenters. The highest BCUT2D eigenvalue weighted by molar-refractivity contribution is 8.00. The first kappa shape index (κ1) is 25.8. The van der Waals surface area contributed by atoms with Crippen LogP contribution in [-0.4, -0.2) is 47.8 Å². The maximum absolute atomic E-state index is 10.6. The van der Waals surface area contributed by atoms with Crippen molar-refractivity contribution in [2.75, 3.05) is 47.4 Å². The van der Waals surface area contributed by atoms with Crippen LogP contribution < -0.4 is 33.1 Å². The predicted octanol–water partition coefficient (Wildman–Crippen LogP) is 5.73. The van der Waals surface area contributed by atoms with Crippen LogP contribution in [0.25, 0.3) is 12.2 Å². The number of benzene rings is 3. The van der Waals surface area contributed by atoms with E-state index in [0.29, 0.717) is 40.2 Å². The van der Waals surface area contributed by atoms with Gasteiger partial charge < -0.3 is 38.2 Å². The van der Waals surface area contributed by atoms with Crippen molar-refractivity contribution >= 4 is 29.8 Å².